The predicted octanol–water partition coefficient (Wildman–Crippen LogP) is 6.97. The van der Waals surface area contributed by atoms with Crippen molar-refractivity contribution in [3.8, 4) is 11.3 Å². The first kappa shape index (κ1) is 16.6. The molecule has 3 aromatic rings. The van der Waals surface area contributed by atoms with E-state index in [0.29, 0.717) is 12.0 Å². The largest absolute Gasteiger partial charge is 0.220 e. The number of rotatable bonds is 2. The normalized spacial score (nSPS) is 23.8. The van der Waals surface area contributed by atoms with E-state index < -0.39 is 0 Å². The summed E-state index contributed by atoms with van der Waals surface area (Å²) in [4.78, 5) is 0. The lowest BCUT2D eigenvalue weighted by molar-refractivity contribution is -0.665. The Morgan fingerprint density at radius 1 is 0.897 bits per heavy atom. The van der Waals surface area contributed by atoms with Gasteiger partial charge in [-0.1, -0.05) is 31.0 Å². The molecule has 6 rings (SSSR count). The van der Waals surface area contributed by atoms with Crippen LogP contribution in [0.4, 0.5) is 0 Å². The third-order valence-electron chi connectivity index (χ3n) is 8.28. The molecular formula is C28H32N+. The van der Waals surface area contributed by atoms with Gasteiger partial charge in [0.2, 0.25) is 5.69 Å². The van der Waals surface area contributed by atoms with Crippen molar-refractivity contribution < 1.29 is 5.94 Å². The van der Waals surface area contributed by atoms with Crippen molar-refractivity contribution >= 4 is 10.8 Å². The van der Waals surface area contributed by atoms with Gasteiger partial charge in [0.25, 0.3) is 0 Å². The van der Waals surface area contributed by atoms with Gasteiger partial charge in [0, 0.05) is 13.0 Å². The summed E-state index contributed by atoms with van der Waals surface area (Å²) in [5, 5.41) is 2.37. The second-order valence-corrected chi connectivity index (χ2v) is 9.91. The molecule has 29 heavy (non-hydrogen) atoms. The van der Waals surface area contributed by atoms with Gasteiger partial charge in [0.1, 0.15) is 7.05 Å². The van der Waals surface area contributed by atoms with Crippen molar-refractivity contribution in [2.75, 3.05) is 0 Å². The van der Waals surface area contributed by atoms with Gasteiger partial charge >= 0.3 is 0 Å². The van der Waals surface area contributed by atoms with E-state index in [9.17, 15) is 0 Å². The maximum atomic E-state index is 8.88. The molecule has 2 atom stereocenters. The third kappa shape index (κ3) is 2.62. The van der Waals surface area contributed by atoms with Crippen LogP contribution in [0.25, 0.3) is 22.0 Å². The molecule has 2 bridgehead atoms. The Bertz CT molecular complexity index is 1190. The summed E-state index contributed by atoms with van der Waals surface area (Å²) in [6.07, 6.45) is 9.41. The van der Waals surface area contributed by atoms with E-state index in [1.165, 1.54) is 72.7 Å². The second kappa shape index (κ2) is 6.42. The average molecular weight is 384 g/mol. The smallest absolute Gasteiger partial charge is 0.198 e. The highest BCUT2D eigenvalue weighted by Gasteiger charge is 2.38. The molecule has 0 amide bonds. The maximum absolute atomic E-state index is 8.88. The van der Waals surface area contributed by atoms with Crippen LogP contribution in [0.5, 0.6) is 0 Å². The number of hydrogen-bond donors (Lipinski definition) is 0. The first-order valence-electron chi connectivity index (χ1n) is 12.1. The number of pyridine rings is 1. The van der Waals surface area contributed by atoms with Crippen LogP contribution >= 0.6 is 0 Å². The van der Waals surface area contributed by atoms with Crippen molar-refractivity contribution in [2.45, 2.75) is 76.5 Å². The number of aromatic nitrogens is 1. The Morgan fingerprint density at radius 3 is 2.38 bits per heavy atom. The molecule has 1 heterocycles. The standard InChI is InChI=1S/C28H32N/c1-17-12-26-21-8-9-22(15-21)27(26)16-25(17)28-24-11-10-20(19-6-4-5-7-19)14-23(24)13-18(2)29(28)3/h10-14,16,19,21-22H,4-9,15H2,1-3H3/q+1/i13D. The predicted molar refractivity (Wildman–Crippen MR) is 121 cm³/mol. The van der Waals surface area contributed by atoms with E-state index in [0.717, 1.165) is 22.9 Å². The number of benzene rings is 2. The molecule has 2 aromatic carbocycles. The summed E-state index contributed by atoms with van der Waals surface area (Å²) >= 11 is 0. The van der Waals surface area contributed by atoms with E-state index in [4.69, 9.17) is 1.37 Å². The molecule has 3 aliphatic rings. The summed E-state index contributed by atoms with van der Waals surface area (Å²) in [7, 11) is 2.14. The van der Waals surface area contributed by atoms with Gasteiger partial charge < -0.3 is 0 Å². The van der Waals surface area contributed by atoms with Crippen LogP contribution in [-0.2, 0) is 7.05 Å². The Kier molecular flexibility index (Phi) is 3.68. The first-order valence-corrected chi connectivity index (χ1v) is 11.6. The molecule has 0 N–H and O–H groups in total. The number of fused-ring (bicyclic) bond motifs is 6. The lowest BCUT2D eigenvalue weighted by Crippen LogP contribution is -2.35. The molecule has 2 fully saturated rings. The zero-order chi connectivity index (χ0) is 20.6. The minimum atomic E-state index is 0.684. The van der Waals surface area contributed by atoms with Crippen LogP contribution in [-0.4, -0.2) is 0 Å². The highest BCUT2D eigenvalue weighted by Crippen LogP contribution is 2.54. The Labute approximate surface area is 176 Å². The van der Waals surface area contributed by atoms with Gasteiger partial charge in [-0.15, -0.1) is 0 Å². The van der Waals surface area contributed by atoms with Crippen LogP contribution in [0.1, 0.15) is 92.0 Å². The summed E-state index contributed by atoms with van der Waals surface area (Å²) in [5.41, 5.74) is 9.77. The van der Waals surface area contributed by atoms with Gasteiger partial charge in [0.15, 0.2) is 5.69 Å². The van der Waals surface area contributed by atoms with E-state index in [-0.39, 0.29) is 0 Å². The van der Waals surface area contributed by atoms with E-state index in [1.807, 2.05) is 0 Å². The van der Waals surface area contributed by atoms with Gasteiger partial charge in [-0.3, -0.25) is 0 Å². The minimum Gasteiger partial charge on any atom is -0.198 e. The monoisotopic (exact) mass is 383 g/mol. The molecule has 148 valence electrons. The lowest BCUT2D eigenvalue weighted by Gasteiger charge is -2.19. The fourth-order valence-corrected chi connectivity index (χ4v) is 6.59. The molecular weight excluding hydrogens is 350 g/mol. The van der Waals surface area contributed by atoms with Crippen molar-refractivity contribution in [3.63, 3.8) is 0 Å². The third-order valence-corrected chi connectivity index (χ3v) is 8.28. The highest BCUT2D eigenvalue weighted by atomic mass is 14.9. The lowest BCUT2D eigenvalue weighted by atomic mass is 9.86. The second-order valence-electron chi connectivity index (χ2n) is 9.91. The number of hydrogen-bond acceptors (Lipinski definition) is 0. The summed E-state index contributed by atoms with van der Waals surface area (Å²) < 4.78 is 11.1. The zero-order valence-electron chi connectivity index (χ0n) is 19.0. The molecule has 1 heteroatoms. The van der Waals surface area contributed by atoms with Crippen molar-refractivity contribution in [1.29, 1.82) is 0 Å². The van der Waals surface area contributed by atoms with Crippen LogP contribution in [0.2, 0.25) is 0 Å². The van der Waals surface area contributed by atoms with E-state index in [2.05, 4.69) is 55.8 Å². The summed E-state index contributed by atoms with van der Waals surface area (Å²) in [5.74, 6) is 2.25. The molecule has 2 unspecified atom stereocenters. The average Bonchev–Trinajstić information content (AvgIpc) is 3.50. The van der Waals surface area contributed by atoms with Gasteiger partial charge in [-0.2, -0.15) is 4.57 Å². The van der Waals surface area contributed by atoms with Gasteiger partial charge in [0.05, 0.1) is 12.3 Å². The Balaban J connectivity index is 1.59. The molecule has 2 saturated carbocycles. The minimum absolute atomic E-state index is 0.684. The molecule has 0 radical (unpaired) electrons. The molecule has 3 aliphatic carbocycles. The van der Waals surface area contributed by atoms with Crippen LogP contribution in [0, 0.1) is 13.8 Å². The number of aryl methyl sites for hydroxylation is 1. The maximum Gasteiger partial charge on any atom is 0.220 e. The quantitative estimate of drug-likeness (QED) is 0.421. The van der Waals surface area contributed by atoms with E-state index in [1.54, 1.807) is 11.1 Å². The van der Waals surface area contributed by atoms with Crippen molar-refractivity contribution in [3.05, 3.63) is 64.3 Å². The van der Waals surface area contributed by atoms with E-state index >= 15 is 0 Å². The Hall–Kier alpha value is -2.15. The van der Waals surface area contributed by atoms with Crippen molar-refractivity contribution in [2.24, 2.45) is 7.05 Å². The molecule has 0 aliphatic heterocycles. The fraction of sp³-hybridized carbons (Fsp3) is 0.464. The van der Waals surface area contributed by atoms with Crippen LogP contribution < -0.4 is 4.57 Å². The SMILES string of the molecule is [2H]c1c(C)[n+](C)c(-c2cc3c(cc2C)C2CCC3C2)c2ccc(C3CCCC3)cc12. The highest BCUT2D eigenvalue weighted by molar-refractivity contribution is 5.94. The first-order chi connectivity index (χ1) is 14.5. The summed E-state index contributed by atoms with van der Waals surface area (Å²) in [6, 6.07) is 12.7. The van der Waals surface area contributed by atoms with Crippen LogP contribution in [0.15, 0.2) is 36.4 Å². The molecule has 1 nitrogen and oxygen atoms in total. The molecule has 1 aromatic heterocycles. The molecule has 0 saturated heterocycles. The van der Waals surface area contributed by atoms with Gasteiger partial charge in [-0.05, 0) is 96.6 Å². The molecule has 0 spiro atoms. The van der Waals surface area contributed by atoms with Crippen molar-refractivity contribution in [1.82, 2.24) is 0 Å². The van der Waals surface area contributed by atoms with Gasteiger partial charge in [-0.25, -0.2) is 0 Å². The summed E-state index contributed by atoms with van der Waals surface area (Å²) in [6.45, 7) is 4.39. The van der Waals surface area contributed by atoms with Crippen LogP contribution in [0.3, 0.4) is 0 Å². The topological polar surface area (TPSA) is 3.88 Å². The number of nitrogens with zero attached hydrogens (tertiary/aromatic N) is 1. The zero-order valence-corrected chi connectivity index (χ0v) is 18.0. The fourth-order valence-electron chi connectivity index (χ4n) is 6.59. The Morgan fingerprint density at radius 2 is 1.62 bits per heavy atom.